The minimum Gasteiger partial charge on any atom is -0.372 e. The van der Waals surface area contributed by atoms with Crippen molar-refractivity contribution in [2.75, 3.05) is 46.3 Å². The van der Waals surface area contributed by atoms with Crippen molar-refractivity contribution in [3.8, 4) is 0 Å². The van der Waals surface area contributed by atoms with E-state index in [2.05, 4.69) is 48.0 Å². The van der Waals surface area contributed by atoms with Crippen molar-refractivity contribution in [2.45, 2.75) is 33.2 Å². The van der Waals surface area contributed by atoms with Gasteiger partial charge >= 0.3 is 0 Å². The van der Waals surface area contributed by atoms with Crippen LogP contribution in [0.3, 0.4) is 0 Å². The maximum Gasteiger partial charge on any atom is 0.123 e. The average Bonchev–Trinajstić information content (AvgIpc) is 3.06. The quantitative estimate of drug-likeness (QED) is 0.457. The molecule has 0 saturated carbocycles. The van der Waals surface area contributed by atoms with Crippen molar-refractivity contribution < 1.29 is 8.78 Å². The van der Waals surface area contributed by atoms with E-state index in [0.717, 1.165) is 56.8 Å². The lowest BCUT2D eigenvalue weighted by molar-refractivity contribution is 0.127. The third kappa shape index (κ3) is 6.74. The molecule has 1 aliphatic carbocycles. The number of hydrogen-bond donors (Lipinski definition) is 1. The van der Waals surface area contributed by atoms with E-state index in [1.165, 1.54) is 41.2 Å². The van der Waals surface area contributed by atoms with Gasteiger partial charge in [0.25, 0.3) is 0 Å². The van der Waals surface area contributed by atoms with Crippen molar-refractivity contribution in [1.29, 1.82) is 0 Å². The number of aliphatic imine (C=N–C) groups is 1. The lowest BCUT2D eigenvalue weighted by atomic mass is 9.92. The molecule has 1 atom stereocenters. The Labute approximate surface area is 220 Å². The third-order valence-corrected chi connectivity index (χ3v) is 7.63. The van der Waals surface area contributed by atoms with Crippen LogP contribution in [0.1, 0.15) is 44.4 Å². The largest absolute Gasteiger partial charge is 0.372 e. The SMILES string of the molecule is CNCCN=C1CC(C(C)C)=CC=C(N2CCN(C(c3ccc(F)cc3)c3ccc(F)cc3)CC2)C1C. The van der Waals surface area contributed by atoms with E-state index in [-0.39, 0.29) is 23.6 Å². The van der Waals surface area contributed by atoms with E-state index >= 15 is 0 Å². The van der Waals surface area contributed by atoms with E-state index in [0.29, 0.717) is 5.92 Å². The first-order chi connectivity index (χ1) is 17.9. The molecule has 4 nitrogen and oxygen atoms in total. The molecule has 4 rings (SSSR count). The van der Waals surface area contributed by atoms with Crippen LogP contribution in [0.4, 0.5) is 8.78 Å². The summed E-state index contributed by atoms with van der Waals surface area (Å²) in [5, 5.41) is 3.20. The minimum atomic E-state index is -0.248. The molecule has 6 heteroatoms. The zero-order valence-corrected chi connectivity index (χ0v) is 22.6. The Bertz CT molecular complexity index is 1070. The van der Waals surface area contributed by atoms with Crippen molar-refractivity contribution in [2.24, 2.45) is 16.8 Å². The van der Waals surface area contributed by atoms with Crippen LogP contribution in [0.2, 0.25) is 0 Å². The van der Waals surface area contributed by atoms with Gasteiger partial charge < -0.3 is 10.2 Å². The third-order valence-electron chi connectivity index (χ3n) is 7.63. The summed E-state index contributed by atoms with van der Waals surface area (Å²) < 4.78 is 27.4. The van der Waals surface area contributed by atoms with Crippen molar-refractivity contribution in [1.82, 2.24) is 15.1 Å². The second-order valence-electron chi connectivity index (χ2n) is 10.4. The molecule has 1 fully saturated rings. The van der Waals surface area contributed by atoms with E-state index in [9.17, 15) is 8.78 Å². The molecule has 0 amide bonds. The van der Waals surface area contributed by atoms with Crippen molar-refractivity contribution in [3.05, 3.63) is 94.7 Å². The van der Waals surface area contributed by atoms with Gasteiger partial charge in [-0.25, -0.2) is 8.78 Å². The predicted octanol–water partition coefficient (Wildman–Crippen LogP) is 5.84. The molecular formula is C31H40F2N4. The molecule has 2 aromatic rings. The lowest BCUT2D eigenvalue weighted by Crippen LogP contribution is -2.48. The number of nitrogens with one attached hydrogen (secondary N) is 1. The van der Waals surface area contributed by atoms with Crippen LogP contribution in [0.15, 0.2) is 76.9 Å². The number of halogens is 2. The van der Waals surface area contributed by atoms with E-state index in [4.69, 9.17) is 4.99 Å². The number of likely N-dealkylation sites (N-methyl/N-ethyl adjacent to an activating group) is 1. The van der Waals surface area contributed by atoms with Gasteiger partial charge in [0.2, 0.25) is 0 Å². The summed E-state index contributed by atoms with van der Waals surface area (Å²) in [6.07, 6.45) is 5.55. The fourth-order valence-corrected chi connectivity index (χ4v) is 5.35. The Morgan fingerprint density at radius 1 is 0.892 bits per heavy atom. The highest BCUT2D eigenvalue weighted by molar-refractivity contribution is 5.91. The summed E-state index contributed by atoms with van der Waals surface area (Å²) >= 11 is 0. The Kier molecular flexibility index (Phi) is 9.28. The summed E-state index contributed by atoms with van der Waals surface area (Å²) in [4.78, 5) is 9.93. The molecule has 37 heavy (non-hydrogen) atoms. The number of allylic oxidation sites excluding steroid dienone is 4. The summed E-state index contributed by atoms with van der Waals surface area (Å²) in [5.41, 5.74) is 6.06. The Morgan fingerprint density at radius 2 is 1.46 bits per heavy atom. The molecule has 0 spiro atoms. The van der Waals surface area contributed by atoms with Gasteiger partial charge in [0, 0.05) is 56.5 Å². The van der Waals surface area contributed by atoms with Gasteiger partial charge in [0.15, 0.2) is 0 Å². The molecule has 0 radical (unpaired) electrons. The van der Waals surface area contributed by atoms with Crippen LogP contribution in [0.5, 0.6) is 0 Å². The van der Waals surface area contributed by atoms with E-state index in [1.54, 1.807) is 0 Å². The molecule has 1 heterocycles. The highest BCUT2D eigenvalue weighted by Gasteiger charge is 2.30. The van der Waals surface area contributed by atoms with Crippen LogP contribution >= 0.6 is 0 Å². The molecule has 1 N–H and O–H groups in total. The van der Waals surface area contributed by atoms with E-state index in [1.807, 2.05) is 31.3 Å². The molecule has 2 aromatic carbocycles. The zero-order valence-electron chi connectivity index (χ0n) is 22.6. The van der Waals surface area contributed by atoms with E-state index < -0.39 is 0 Å². The number of piperazine rings is 1. The molecular weight excluding hydrogens is 466 g/mol. The fourth-order valence-electron chi connectivity index (χ4n) is 5.35. The monoisotopic (exact) mass is 506 g/mol. The Balaban J connectivity index is 1.55. The van der Waals surface area contributed by atoms with Crippen LogP contribution in [0.25, 0.3) is 0 Å². The lowest BCUT2D eigenvalue weighted by Gasteiger charge is -2.42. The van der Waals surface area contributed by atoms with Gasteiger partial charge in [0.05, 0.1) is 12.6 Å². The molecule has 198 valence electrons. The standard InChI is InChI=1S/C31H40F2N4/c1-22(2)26-9-14-30(23(3)29(21-26)35-16-15-34-4)36-17-19-37(20-18-36)31(24-5-10-27(32)11-6-24)25-7-12-28(33)13-8-25/h5-14,22-23,31,34H,15-21H2,1-4H3. The first kappa shape index (κ1) is 27.2. The van der Waals surface area contributed by atoms with Gasteiger partial charge in [0.1, 0.15) is 11.6 Å². The van der Waals surface area contributed by atoms with Crippen molar-refractivity contribution in [3.63, 3.8) is 0 Å². The number of nitrogens with zero attached hydrogens (tertiary/aromatic N) is 3. The normalized spacial score (nSPS) is 20.4. The molecule has 1 unspecified atom stereocenters. The summed E-state index contributed by atoms with van der Waals surface area (Å²) in [6.45, 7) is 12.0. The summed E-state index contributed by atoms with van der Waals surface area (Å²) in [5.74, 6) is 0.255. The maximum atomic E-state index is 13.7. The Morgan fingerprint density at radius 3 is 1.97 bits per heavy atom. The van der Waals surface area contributed by atoms with Crippen LogP contribution < -0.4 is 5.32 Å². The van der Waals surface area contributed by atoms with Crippen LogP contribution in [0, 0.1) is 23.5 Å². The van der Waals surface area contributed by atoms with Gasteiger partial charge in [-0.3, -0.25) is 9.89 Å². The van der Waals surface area contributed by atoms with Gasteiger partial charge in [-0.15, -0.1) is 0 Å². The highest BCUT2D eigenvalue weighted by Crippen LogP contribution is 2.33. The number of rotatable bonds is 8. The molecule has 0 aromatic heterocycles. The molecule has 2 aliphatic rings. The topological polar surface area (TPSA) is 30.9 Å². The van der Waals surface area contributed by atoms with Gasteiger partial charge in [-0.2, -0.15) is 0 Å². The van der Waals surface area contributed by atoms with Crippen LogP contribution in [-0.2, 0) is 0 Å². The molecule has 1 saturated heterocycles. The highest BCUT2D eigenvalue weighted by atomic mass is 19.1. The van der Waals surface area contributed by atoms with Gasteiger partial charge in [-0.1, -0.05) is 56.7 Å². The van der Waals surface area contributed by atoms with Gasteiger partial charge in [-0.05, 0) is 54.4 Å². The smallest absolute Gasteiger partial charge is 0.123 e. The second-order valence-corrected chi connectivity index (χ2v) is 10.4. The number of benzene rings is 2. The zero-order chi connectivity index (χ0) is 26.4. The van der Waals surface area contributed by atoms with Crippen LogP contribution in [-0.4, -0.2) is 61.8 Å². The minimum absolute atomic E-state index is 0.0463. The predicted molar refractivity (Wildman–Crippen MR) is 149 cm³/mol. The maximum absolute atomic E-state index is 13.7. The molecule has 0 bridgehead atoms. The summed E-state index contributed by atoms with van der Waals surface area (Å²) in [7, 11) is 1.96. The fraction of sp³-hybridized carbons (Fsp3) is 0.452. The number of hydrogen-bond acceptors (Lipinski definition) is 4. The Hall–Kier alpha value is -2.83. The average molecular weight is 507 g/mol. The second kappa shape index (κ2) is 12.6. The first-order valence-corrected chi connectivity index (χ1v) is 13.5. The summed E-state index contributed by atoms with van der Waals surface area (Å²) in [6, 6.07) is 13.4. The van der Waals surface area contributed by atoms with Crippen molar-refractivity contribution >= 4 is 5.71 Å². The first-order valence-electron chi connectivity index (χ1n) is 13.5. The molecule has 1 aliphatic heterocycles.